The first-order valence-electron chi connectivity index (χ1n) is 5.74. The Kier molecular flexibility index (Phi) is 3.58. The molecule has 1 aliphatic heterocycles. The first-order valence-corrected chi connectivity index (χ1v) is 5.74. The molecule has 17 heavy (non-hydrogen) atoms. The van der Waals surface area contributed by atoms with E-state index in [1.807, 2.05) is 13.0 Å². The number of hydrogen-bond donors (Lipinski definition) is 1. The van der Waals surface area contributed by atoms with E-state index < -0.39 is 0 Å². The van der Waals surface area contributed by atoms with Crippen LogP contribution in [0, 0.1) is 23.0 Å². The van der Waals surface area contributed by atoms with Gasteiger partial charge in [-0.3, -0.25) is 10.1 Å². The molecule has 0 amide bonds. The number of nitrogens with zero attached hydrogens (tertiary/aromatic N) is 1. The standard InChI is InChI=1S/C12H16N2O3/c1-9-3-2-4-11(14(15)16)12(9)13-7-10-5-6-17-8-10/h2-4,10,13H,5-8H2,1H3. The van der Waals surface area contributed by atoms with Crippen molar-refractivity contribution in [2.24, 2.45) is 5.92 Å². The maximum Gasteiger partial charge on any atom is 0.292 e. The molecule has 0 aliphatic carbocycles. The van der Waals surface area contributed by atoms with Gasteiger partial charge in [-0.05, 0) is 18.9 Å². The van der Waals surface area contributed by atoms with Crippen LogP contribution in [0.25, 0.3) is 0 Å². The minimum atomic E-state index is -0.347. The highest BCUT2D eigenvalue weighted by Gasteiger charge is 2.19. The molecule has 1 heterocycles. The fourth-order valence-electron chi connectivity index (χ4n) is 2.03. The maximum absolute atomic E-state index is 10.9. The lowest BCUT2D eigenvalue weighted by molar-refractivity contribution is -0.384. The normalized spacial score (nSPS) is 19.2. The second-order valence-corrected chi connectivity index (χ2v) is 4.34. The van der Waals surface area contributed by atoms with Gasteiger partial charge >= 0.3 is 0 Å². The van der Waals surface area contributed by atoms with Gasteiger partial charge in [-0.1, -0.05) is 12.1 Å². The third kappa shape index (κ3) is 2.74. The Balaban J connectivity index is 2.10. The smallest absolute Gasteiger partial charge is 0.292 e. The van der Waals surface area contributed by atoms with Gasteiger partial charge in [-0.2, -0.15) is 0 Å². The average molecular weight is 236 g/mol. The summed E-state index contributed by atoms with van der Waals surface area (Å²) in [4.78, 5) is 10.6. The van der Waals surface area contributed by atoms with Gasteiger partial charge in [-0.15, -0.1) is 0 Å². The molecule has 1 unspecified atom stereocenters. The van der Waals surface area contributed by atoms with E-state index in [1.165, 1.54) is 6.07 Å². The zero-order chi connectivity index (χ0) is 12.3. The monoisotopic (exact) mass is 236 g/mol. The SMILES string of the molecule is Cc1cccc([N+](=O)[O-])c1NCC1CCOC1. The van der Waals surface area contributed by atoms with Crippen molar-refractivity contribution in [3.05, 3.63) is 33.9 Å². The van der Waals surface area contributed by atoms with Crippen molar-refractivity contribution in [1.29, 1.82) is 0 Å². The summed E-state index contributed by atoms with van der Waals surface area (Å²) in [6.45, 7) is 4.14. The Labute approximate surface area is 99.9 Å². The second-order valence-electron chi connectivity index (χ2n) is 4.34. The molecule has 0 aromatic heterocycles. The Hall–Kier alpha value is -1.62. The van der Waals surface area contributed by atoms with E-state index in [2.05, 4.69) is 5.32 Å². The molecule has 0 bridgehead atoms. The van der Waals surface area contributed by atoms with Crippen molar-refractivity contribution in [3.8, 4) is 0 Å². The zero-order valence-corrected chi connectivity index (χ0v) is 9.81. The van der Waals surface area contributed by atoms with Crippen LogP contribution in [0.5, 0.6) is 0 Å². The minimum absolute atomic E-state index is 0.143. The topological polar surface area (TPSA) is 64.4 Å². The van der Waals surface area contributed by atoms with Crippen molar-refractivity contribution in [3.63, 3.8) is 0 Å². The molecule has 0 spiro atoms. The van der Waals surface area contributed by atoms with Gasteiger partial charge in [0.1, 0.15) is 5.69 Å². The van der Waals surface area contributed by atoms with E-state index in [0.717, 1.165) is 31.7 Å². The quantitative estimate of drug-likeness (QED) is 0.643. The van der Waals surface area contributed by atoms with Gasteiger partial charge in [0.15, 0.2) is 0 Å². The molecule has 1 N–H and O–H groups in total. The highest BCUT2D eigenvalue weighted by atomic mass is 16.6. The summed E-state index contributed by atoms with van der Waals surface area (Å²) in [5, 5.41) is 14.1. The number of benzene rings is 1. The van der Waals surface area contributed by atoms with E-state index in [0.29, 0.717) is 11.6 Å². The molecule has 1 aromatic rings. The number of nitro benzene ring substituents is 1. The highest BCUT2D eigenvalue weighted by Crippen LogP contribution is 2.28. The number of rotatable bonds is 4. The zero-order valence-electron chi connectivity index (χ0n) is 9.81. The predicted octanol–water partition coefficient (Wildman–Crippen LogP) is 2.35. The third-order valence-corrected chi connectivity index (χ3v) is 3.04. The number of nitro groups is 1. The van der Waals surface area contributed by atoms with E-state index in [9.17, 15) is 10.1 Å². The number of ether oxygens (including phenoxy) is 1. The summed E-state index contributed by atoms with van der Waals surface area (Å²) >= 11 is 0. The Morgan fingerprint density at radius 1 is 1.59 bits per heavy atom. The predicted molar refractivity (Wildman–Crippen MR) is 65.2 cm³/mol. The van der Waals surface area contributed by atoms with Crippen LogP contribution in [0.2, 0.25) is 0 Å². The summed E-state index contributed by atoms with van der Waals surface area (Å²) < 4.78 is 5.28. The minimum Gasteiger partial charge on any atom is -0.381 e. The van der Waals surface area contributed by atoms with Crippen LogP contribution in [0.1, 0.15) is 12.0 Å². The summed E-state index contributed by atoms with van der Waals surface area (Å²) in [7, 11) is 0. The van der Waals surface area contributed by atoms with Crippen LogP contribution in [0.3, 0.4) is 0 Å². The number of aryl methyl sites for hydroxylation is 1. The second kappa shape index (κ2) is 5.14. The molecule has 92 valence electrons. The lowest BCUT2D eigenvalue weighted by Crippen LogP contribution is -2.15. The number of para-hydroxylation sites is 1. The Morgan fingerprint density at radius 2 is 2.41 bits per heavy atom. The largest absolute Gasteiger partial charge is 0.381 e. The molecule has 1 atom stereocenters. The fourth-order valence-corrected chi connectivity index (χ4v) is 2.03. The third-order valence-electron chi connectivity index (χ3n) is 3.04. The molecule has 0 saturated carbocycles. The molecule has 5 nitrogen and oxygen atoms in total. The van der Waals surface area contributed by atoms with Gasteiger partial charge in [0.2, 0.25) is 0 Å². The molecular weight excluding hydrogens is 220 g/mol. The summed E-state index contributed by atoms with van der Waals surface area (Å²) in [6, 6.07) is 5.11. The molecule has 5 heteroatoms. The van der Waals surface area contributed by atoms with Crippen LogP contribution in [-0.4, -0.2) is 24.7 Å². The molecular formula is C12H16N2O3. The summed E-state index contributed by atoms with van der Waals surface area (Å²) in [5.41, 5.74) is 1.67. The van der Waals surface area contributed by atoms with Crippen molar-refractivity contribution < 1.29 is 9.66 Å². The first kappa shape index (κ1) is 11.9. The lowest BCUT2D eigenvalue weighted by Gasteiger charge is -2.12. The molecule has 2 rings (SSSR count). The molecule has 1 fully saturated rings. The number of nitrogens with one attached hydrogen (secondary N) is 1. The Morgan fingerprint density at radius 3 is 3.06 bits per heavy atom. The molecule has 0 radical (unpaired) electrons. The van der Waals surface area contributed by atoms with Crippen molar-refractivity contribution >= 4 is 11.4 Å². The summed E-state index contributed by atoms with van der Waals surface area (Å²) in [5.74, 6) is 0.453. The van der Waals surface area contributed by atoms with Crippen LogP contribution < -0.4 is 5.32 Å². The van der Waals surface area contributed by atoms with Crippen molar-refractivity contribution in [2.45, 2.75) is 13.3 Å². The van der Waals surface area contributed by atoms with E-state index >= 15 is 0 Å². The van der Waals surface area contributed by atoms with Crippen LogP contribution in [0.15, 0.2) is 18.2 Å². The maximum atomic E-state index is 10.9. The van der Waals surface area contributed by atoms with Gasteiger partial charge in [0.05, 0.1) is 11.5 Å². The molecule has 1 aliphatic rings. The van der Waals surface area contributed by atoms with Crippen molar-refractivity contribution in [1.82, 2.24) is 0 Å². The number of hydrogen-bond acceptors (Lipinski definition) is 4. The number of anilines is 1. The average Bonchev–Trinajstić information content (AvgIpc) is 2.80. The van der Waals surface area contributed by atoms with Gasteiger partial charge in [0, 0.05) is 25.1 Å². The first-order chi connectivity index (χ1) is 8.18. The van der Waals surface area contributed by atoms with Crippen molar-refractivity contribution in [2.75, 3.05) is 25.1 Å². The van der Waals surface area contributed by atoms with Gasteiger partial charge < -0.3 is 10.1 Å². The van der Waals surface area contributed by atoms with E-state index in [4.69, 9.17) is 4.74 Å². The van der Waals surface area contributed by atoms with E-state index in [-0.39, 0.29) is 10.6 Å². The summed E-state index contributed by atoms with van der Waals surface area (Å²) in [6.07, 6.45) is 1.02. The van der Waals surface area contributed by atoms with Crippen LogP contribution in [0.4, 0.5) is 11.4 Å². The van der Waals surface area contributed by atoms with E-state index in [1.54, 1.807) is 6.07 Å². The van der Waals surface area contributed by atoms with Gasteiger partial charge in [0.25, 0.3) is 5.69 Å². The highest BCUT2D eigenvalue weighted by molar-refractivity contribution is 5.65. The fraction of sp³-hybridized carbons (Fsp3) is 0.500. The molecule has 1 aromatic carbocycles. The van der Waals surface area contributed by atoms with Crippen LogP contribution >= 0.6 is 0 Å². The Bertz CT molecular complexity index is 414. The van der Waals surface area contributed by atoms with Crippen LogP contribution in [-0.2, 0) is 4.74 Å². The molecule has 1 saturated heterocycles. The van der Waals surface area contributed by atoms with Gasteiger partial charge in [-0.25, -0.2) is 0 Å². The lowest BCUT2D eigenvalue weighted by atomic mass is 10.1.